The van der Waals surface area contributed by atoms with Gasteiger partial charge >= 0.3 is 0 Å². The number of hydrogen-bond acceptors (Lipinski definition) is 3. The molecule has 0 bridgehead atoms. The Labute approximate surface area is 136 Å². The summed E-state index contributed by atoms with van der Waals surface area (Å²) >= 11 is 6.92. The van der Waals surface area contributed by atoms with Crippen LogP contribution in [0.3, 0.4) is 0 Å². The first-order valence-corrected chi connectivity index (χ1v) is 7.96. The number of halogens is 2. The third-order valence-corrected chi connectivity index (χ3v) is 3.63. The van der Waals surface area contributed by atoms with Gasteiger partial charge in [-0.25, -0.2) is 9.97 Å². The molecule has 3 nitrogen and oxygen atoms in total. The molecule has 0 fully saturated rings. The Hall–Kier alpha value is -0.940. The number of rotatable bonds is 3. The first kappa shape index (κ1) is 15.4. The van der Waals surface area contributed by atoms with Crippen molar-refractivity contribution in [2.45, 2.75) is 32.7 Å². The summed E-state index contributed by atoms with van der Waals surface area (Å²) in [6, 6.07) is 10.1. The van der Waals surface area contributed by atoms with Crippen molar-refractivity contribution < 1.29 is 0 Å². The number of aromatic nitrogens is 2. The summed E-state index contributed by atoms with van der Waals surface area (Å²) < 4.78 is 1.88. The van der Waals surface area contributed by atoms with Crippen LogP contribution in [0.4, 0.5) is 5.82 Å². The van der Waals surface area contributed by atoms with E-state index in [4.69, 9.17) is 0 Å². The van der Waals surface area contributed by atoms with Crippen molar-refractivity contribution in [2.24, 2.45) is 0 Å². The SMILES string of the molecule is CC(C)(C)c1nc(Br)cc(NCc2cccc(Br)c2)n1. The van der Waals surface area contributed by atoms with Gasteiger partial charge in [0.1, 0.15) is 16.2 Å². The van der Waals surface area contributed by atoms with Gasteiger partial charge in [0.25, 0.3) is 0 Å². The van der Waals surface area contributed by atoms with E-state index >= 15 is 0 Å². The topological polar surface area (TPSA) is 37.8 Å². The third-order valence-electron chi connectivity index (χ3n) is 2.73. The van der Waals surface area contributed by atoms with Crippen molar-refractivity contribution >= 4 is 37.7 Å². The van der Waals surface area contributed by atoms with E-state index in [1.807, 2.05) is 18.2 Å². The molecule has 0 saturated heterocycles. The molecule has 0 amide bonds. The highest BCUT2D eigenvalue weighted by atomic mass is 79.9. The fourth-order valence-corrected chi connectivity index (χ4v) is 2.51. The number of nitrogens with zero attached hydrogens (tertiary/aromatic N) is 2. The molecule has 0 aliphatic heterocycles. The summed E-state index contributed by atoms with van der Waals surface area (Å²) in [5.74, 6) is 1.65. The van der Waals surface area contributed by atoms with E-state index in [0.29, 0.717) is 0 Å². The van der Waals surface area contributed by atoms with Crippen LogP contribution in [0.25, 0.3) is 0 Å². The second-order valence-corrected chi connectivity index (χ2v) is 7.36. The maximum atomic E-state index is 4.58. The van der Waals surface area contributed by atoms with Gasteiger partial charge < -0.3 is 5.32 Å². The van der Waals surface area contributed by atoms with Crippen LogP contribution in [0.2, 0.25) is 0 Å². The Balaban J connectivity index is 2.16. The molecule has 106 valence electrons. The summed E-state index contributed by atoms with van der Waals surface area (Å²) in [4.78, 5) is 9.01. The normalized spacial score (nSPS) is 11.4. The third kappa shape index (κ3) is 4.28. The van der Waals surface area contributed by atoms with Crippen molar-refractivity contribution in [3.05, 3.63) is 50.8 Å². The Morgan fingerprint density at radius 1 is 1.10 bits per heavy atom. The summed E-state index contributed by atoms with van der Waals surface area (Å²) in [5, 5.41) is 3.34. The van der Waals surface area contributed by atoms with E-state index in [-0.39, 0.29) is 5.41 Å². The zero-order chi connectivity index (χ0) is 14.8. The fourth-order valence-electron chi connectivity index (χ4n) is 1.68. The number of hydrogen-bond donors (Lipinski definition) is 1. The molecule has 1 aromatic carbocycles. The lowest BCUT2D eigenvalue weighted by Crippen LogP contribution is -2.17. The maximum Gasteiger partial charge on any atom is 0.137 e. The number of benzene rings is 1. The number of nitrogens with one attached hydrogen (secondary N) is 1. The average Bonchev–Trinajstić information content (AvgIpc) is 2.35. The number of anilines is 1. The minimum Gasteiger partial charge on any atom is -0.366 e. The highest BCUT2D eigenvalue weighted by molar-refractivity contribution is 9.10. The van der Waals surface area contributed by atoms with Gasteiger partial charge in [-0.15, -0.1) is 0 Å². The predicted octanol–water partition coefficient (Wildman–Crippen LogP) is 4.91. The molecule has 1 N–H and O–H groups in total. The maximum absolute atomic E-state index is 4.58. The van der Waals surface area contributed by atoms with Gasteiger partial charge in [-0.1, -0.05) is 48.8 Å². The van der Waals surface area contributed by atoms with Gasteiger partial charge in [-0.3, -0.25) is 0 Å². The van der Waals surface area contributed by atoms with Gasteiger partial charge in [-0.05, 0) is 33.6 Å². The molecule has 20 heavy (non-hydrogen) atoms. The predicted molar refractivity (Wildman–Crippen MR) is 89.9 cm³/mol. The van der Waals surface area contributed by atoms with E-state index in [1.165, 1.54) is 5.56 Å². The minimum absolute atomic E-state index is 0.0734. The molecule has 0 saturated carbocycles. The molecular weight excluding hydrogens is 382 g/mol. The molecule has 1 heterocycles. The smallest absolute Gasteiger partial charge is 0.137 e. The Morgan fingerprint density at radius 2 is 1.85 bits per heavy atom. The van der Waals surface area contributed by atoms with Crippen molar-refractivity contribution in [3.63, 3.8) is 0 Å². The standard InChI is InChI=1S/C15H17Br2N3/c1-15(2,3)14-19-12(17)8-13(20-14)18-9-10-5-4-6-11(16)7-10/h4-8H,9H2,1-3H3,(H,18,19,20). The second-order valence-electron chi connectivity index (χ2n) is 5.63. The fraction of sp³-hybridized carbons (Fsp3) is 0.333. The molecule has 2 aromatic rings. The first-order chi connectivity index (χ1) is 9.34. The quantitative estimate of drug-likeness (QED) is 0.746. The van der Waals surface area contributed by atoms with Crippen LogP contribution in [-0.2, 0) is 12.0 Å². The zero-order valence-corrected chi connectivity index (χ0v) is 14.9. The molecule has 1 aromatic heterocycles. The van der Waals surface area contributed by atoms with Crippen LogP contribution in [0, 0.1) is 0 Å². The Kier molecular flexibility index (Phi) is 4.81. The van der Waals surface area contributed by atoms with Gasteiger partial charge in [0.2, 0.25) is 0 Å². The van der Waals surface area contributed by atoms with Crippen LogP contribution < -0.4 is 5.32 Å². The molecule has 0 radical (unpaired) electrons. The van der Waals surface area contributed by atoms with Crippen LogP contribution >= 0.6 is 31.9 Å². The average molecular weight is 399 g/mol. The molecule has 5 heteroatoms. The Morgan fingerprint density at radius 3 is 2.50 bits per heavy atom. The largest absolute Gasteiger partial charge is 0.366 e. The lowest BCUT2D eigenvalue weighted by molar-refractivity contribution is 0.544. The van der Waals surface area contributed by atoms with Crippen LogP contribution in [-0.4, -0.2) is 9.97 Å². The van der Waals surface area contributed by atoms with Crippen molar-refractivity contribution in [3.8, 4) is 0 Å². The van der Waals surface area contributed by atoms with Crippen molar-refractivity contribution in [1.82, 2.24) is 9.97 Å². The van der Waals surface area contributed by atoms with E-state index in [1.54, 1.807) is 0 Å². The van der Waals surface area contributed by atoms with Crippen LogP contribution in [0.15, 0.2) is 39.4 Å². The monoisotopic (exact) mass is 397 g/mol. The summed E-state index contributed by atoms with van der Waals surface area (Å²) in [7, 11) is 0. The lowest BCUT2D eigenvalue weighted by atomic mass is 9.96. The van der Waals surface area contributed by atoms with Crippen molar-refractivity contribution in [2.75, 3.05) is 5.32 Å². The summed E-state index contributed by atoms with van der Waals surface area (Å²) in [5.41, 5.74) is 1.13. The molecule has 0 spiro atoms. The van der Waals surface area contributed by atoms with Gasteiger partial charge in [-0.2, -0.15) is 0 Å². The van der Waals surface area contributed by atoms with Crippen LogP contribution in [0.1, 0.15) is 32.2 Å². The highest BCUT2D eigenvalue weighted by Crippen LogP contribution is 2.23. The van der Waals surface area contributed by atoms with E-state index in [0.717, 1.165) is 27.3 Å². The molecule has 2 rings (SSSR count). The molecule has 0 unspecified atom stereocenters. The lowest BCUT2D eigenvalue weighted by Gasteiger charge is -2.18. The van der Waals surface area contributed by atoms with E-state index in [2.05, 4.69) is 80.0 Å². The molecular formula is C15H17Br2N3. The molecule has 0 atom stereocenters. The van der Waals surface area contributed by atoms with E-state index < -0.39 is 0 Å². The van der Waals surface area contributed by atoms with Crippen LogP contribution in [0.5, 0.6) is 0 Å². The summed E-state index contributed by atoms with van der Waals surface area (Å²) in [6.07, 6.45) is 0. The molecule has 0 aliphatic rings. The highest BCUT2D eigenvalue weighted by Gasteiger charge is 2.18. The van der Waals surface area contributed by atoms with Gasteiger partial charge in [0, 0.05) is 22.5 Å². The minimum atomic E-state index is -0.0734. The first-order valence-electron chi connectivity index (χ1n) is 6.38. The zero-order valence-electron chi connectivity index (χ0n) is 11.7. The molecule has 0 aliphatic carbocycles. The van der Waals surface area contributed by atoms with E-state index in [9.17, 15) is 0 Å². The van der Waals surface area contributed by atoms with Gasteiger partial charge in [0.05, 0.1) is 0 Å². The second kappa shape index (κ2) is 6.22. The van der Waals surface area contributed by atoms with Crippen molar-refractivity contribution in [1.29, 1.82) is 0 Å². The van der Waals surface area contributed by atoms with Gasteiger partial charge in [0.15, 0.2) is 0 Å². The Bertz CT molecular complexity index is 606. The summed E-state index contributed by atoms with van der Waals surface area (Å²) in [6.45, 7) is 7.04.